The minimum absolute atomic E-state index is 0.170. The molecule has 4 nitrogen and oxygen atoms in total. The van der Waals surface area contributed by atoms with E-state index in [1.165, 1.54) is 12.1 Å². The van der Waals surface area contributed by atoms with Gasteiger partial charge in [0.15, 0.2) is 0 Å². The molecule has 3 rings (SSSR count). The van der Waals surface area contributed by atoms with Gasteiger partial charge in [-0.2, -0.15) is 0 Å². The van der Waals surface area contributed by atoms with Gasteiger partial charge < -0.3 is 15.3 Å². The highest BCUT2D eigenvalue weighted by Crippen LogP contribution is 2.33. The summed E-state index contributed by atoms with van der Waals surface area (Å²) in [5, 5.41) is 17.6. The Morgan fingerprint density at radius 3 is 2.39 bits per heavy atom. The molecule has 0 spiro atoms. The molecule has 0 unspecified atom stereocenters. The summed E-state index contributed by atoms with van der Waals surface area (Å²) in [6.07, 6.45) is 5.78. The van der Waals surface area contributed by atoms with Gasteiger partial charge in [0.05, 0.1) is 0 Å². The van der Waals surface area contributed by atoms with Crippen LogP contribution in [0.1, 0.15) is 18.5 Å². The van der Waals surface area contributed by atoms with Crippen LogP contribution in [0.3, 0.4) is 0 Å². The molecule has 0 aliphatic rings. The minimum atomic E-state index is -0.276. The molecule has 3 aromatic rings. The van der Waals surface area contributed by atoms with Gasteiger partial charge in [0.2, 0.25) is 0 Å². The maximum Gasteiger partial charge on any atom is 0.123 e. The van der Waals surface area contributed by atoms with Crippen molar-refractivity contribution in [3.63, 3.8) is 0 Å². The molecule has 0 fully saturated rings. The third-order valence-corrected chi connectivity index (χ3v) is 3.70. The van der Waals surface area contributed by atoms with Gasteiger partial charge in [-0.25, -0.2) is 4.39 Å². The van der Waals surface area contributed by atoms with Gasteiger partial charge >= 0.3 is 0 Å². The Morgan fingerprint density at radius 2 is 1.70 bits per heavy atom. The second-order valence-electron chi connectivity index (χ2n) is 5.29. The van der Waals surface area contributed by atoms with Crippen molar-refractivity contribution < 1.29 is 9.50 Å². The molecule has 23 heavy (non-hydrogen) atoms. The number of pyridine rings is 1. The standard InChI is InChI=1S/C18H17FN3O/c19-15-6-4-14(5-7-15)18-17(13-8-10-20-11-9-13)16(21-22-18)3-1-2-12-23/h4-11,23H,1-3,12H2/q-1. The number of aromatic nitrogens is 3. The summed E-state index contributed by atoms with van der Waals surface area (Å²) in [6.45, 7) is 0.170. The molecule has 2 aromatic heterocycles. The molecule has 0 saturated carbocycles. The van der Waals surface area contributed by atoms with Gasteiger partial charge in [-0.1, -0.05) is 12.1 Å². The molecule has 5 heteroatoms. The summed E-state index contributed by atoms with van der Waals surface area (Å²) in [7, 11) is 0. The Labute approximate surface area is 134 Å². The largest absolute Gasteiger partial charge is 0.574 e. The van der Waals surface area contributed by atoms with Crippen LogP contribution in [0.5, 0.6) is 0 Å². The summed E-state index contributed by atoms with van der Waals surface area (Å²) < 4.78 is 13.2. The first kappa shape index (κ1) is 15.4. The lowest BCUT2D eigenvalue weighted by atomic mass is 9.97. The van der Waals surface area contributed by atoms with Crippen LogP contribution in [0.4, 0.5) is 4.39 Å². The number of hydrogen-bond acceptors (Lipinski definition) is 3. The van der Waals surface area contributed by atoms with E-state index in [9.17, 15) is 4.39 Å². The molecular formula is C18H17FN3O-. The normalized spacial score (nSPS) is 10.9. The van der Waals surface area contributed by atoms with Gasteiger partial charge in [0, 0.05) is 24.7 Å². The maximum atomic E-state index is 13.2. The molecular weight excluding hydrogens is 293 g/mol. The van der Waals surface area contributed by atoms with E-state index in [0.717, 1.165) is 47.3 Å². The molecule has 0 aliphatic heterocycles. The zero-order valence-electron chi connectivity index (χ0n) is 12.6. The fraction of sp³-hybridized carbons (Fsp3) is 0.222. The predicted octanol–water partition coefficient (Wildman–Crippen LogP) is 3.22. The first-order valence-corrected chi connectivity index (χ1v) is 7.59. The number of halogens is 1. The lowest BCUT2D eigenvalue weighted by Crippen LogP contribution is -1.92. The Bertz CT molecular complexity index is 754. The summed E-state index contributed by atoms with van der Waals surface area (Å²) in [6, 6.07) is 10.1. The van der Waals surface area contributed by atoms with E-state index in [1.807, 2.05) is 12.1 Å². The first-order chi connectivity index (χ1) is 11.3. The number of nitrogens with zero attached hydrogens (tertiary/aromatic N) is 3. The number of aliphatic hydroxyl groups is 1. The molecule has 0 saturated heterocycles. The number of benzene rings is 1. The van der Waals surface area contributed by atoms with Crippen LogP contribution >= 0.6 is 0 Å². The number of aryl methyl sites for hydroxylation is 1. The van der Waals surface area contributed by atoms with Gasteiger partial charge in [-0.3, -0.25) is 4.98 Å². The number of rotatable bonds is 6. The summed E-state index contributed by atoms with van der Waals surface area (Å²) >= 11 is 0. The van der Waals surface area contributed by atoms with E-state index in [4.69, 9.17) is 5.11 Å². The minimum Gasteiger partial charge on any atom is -0.574 e. The molecule has 0 radical (unpaired) electrons. The molecule has 0 amide bonds. The fourth-order valence-electron chi connectivity index (χ4n) is 2.56. The summed E-state index contributed by atoms with van der Waals surface area (Å²) in [5.74, 6) is -0.276. The summed E-state index contributed by atoms with van der Waals surface area (Å²) in [5.41, 5.74) is 4.42. The smallest absolute Gasteiger partial charge is 0.123 e. The van der Waals surface area contributed by atoms with Crippen LogP contribution in [-0.4, -0.2) is 21.8 Å². The second kappa shape index (κ2) is 7.15. The molecule has 0 bridgehead atoms. The molecule has 2 heterocycles. The van der Waals surface area contributed by atoms with Crippen molar-refractivity contribution >= 4 is 0 Å². The Morgan fingerprint density at radius 1 is 0.957 bits per heavy atom. The third-order valence-electron chi connectivity index (χ3n) is 3.70. The van der Waals surface area contributed by atoms with E-state index >= 15 is 0 Å². The third kappa shape index (κ3) is 3.46. The van der Waals surface area contributed by atoms with Crippen LogP contribution in [0.25, 0.3) is 22.4 Å². The molecule has 1 N–H and O–H groups in total. The molecule has 1 aromatic carbocycles. The van der Waals surface area contributed by atoms with E-state index in [-0.39, 0.29) is 12.4 Å². The van der Waals surface area contributed by atoms with Crippen molar-refractivity contribution in [1.82, 2.24) is 15.2 Å². The van der Waals surface area contributed by atoms with Gasteiger partial charge in [-0.05, 0) is 60.2 Å². The van der Waals surface area contributed by atoms with E-state index in [2.05, 4.69) is 15.2 Å². The van der Waals surface area contributed by atoms with Gasteiger partial charge in [-0.15, -0.1) is 5.69 Å². The van der Waals surface area contributed by atoms with Crippen molar-refractivity contribution in [2.45, 2.75) is 19.3 Å². The Hall–Kier alpha value is -2.53. The topological polar surface area (TPSA) is 60.1 Å². The van der Waals surface area contributed by atoms with Crippen molar-refractivity contribution in [3.05, 3.63) is 60.3 Å². The van der Waals surface area contributed by atoms with Crippen molar-refractivity contribution in [1.29, 1.82) is 0 Å². The lowest BCUT2D eigenvalue weighted by molar-refractivity contribution is 0.284. The highest BCUT2D eigenvalue weighted by molar-refractivity contribution is 5.82. The van der Waals surface area contributed by atoms with E-state index in [0.29, 0.717) is 0 Å². The Balaban J connectivity index is 2.04. The van der Waals surface area contributed by atoms with Gasteiger partial charge in [0.1, 0.15) is 5.82 Å². The second-order valence-corrected chi connectivity index (χ2v) is 5.29. The molecule has 0 aliphatic carbocycles. The maximum absolute atomic E-state index is 13.2. The lowest BCUT2D eigenvalue weighted by Gasteiger charge is -2.12. The van der Waals surface area contributed by atoms with Gasteiger partial charge in [0.25, 0.3) is 0 Å². The number of unbranched alkanes of at least 4 members (excludes halogenated alkanes) is 1. The summed E-state index contributed by atoms with van der Waals surface area (Å²) in [4.78, 5) is 4.05. The Kier molecular flexibility index (Phi) is 4.78. The van der Waals surface area contributed by atoms with Crippen molar-refractivity contribution in [2.75, 3.05) is 6.61 Å². The fourth-order valence-corrected chi connectivity index (χ4v) is 2.56. The van der Waals surface area contributed by atoms with Crippen LogP contribution in [-0.2, 0) is 6.42 Å². The zero-order valence-corrected chi connectivity index (χ0v) is 12.6. The van der Waals surface area contributed by atoms with Crippen LogP contribution in [0.15, 0.2) is 48.8 Å². The van der Waals surface area contributed by atoms with Crippen molar-refractivity contribution in [2.24, 2.45) is 0 Å². The van der Waals surface area contributed by atoms with Crippen LogP contribution < -0.4 is 5.10 Å². The number of hydrogen-bond donors (Lipinski definition) is 1. The number of aliphatic hydroxyl groups excluding tert-OH is 1. The SMILES string of the molecule is OCCCCc1n[n-]c(-c2ccc(F)cc2)c1-c1ccncc1. The average molecular weight is 310 g/mol. The average Bonchev–Trinajstić information content (AvgIpc) is 3.00. The highest BCUT2D eigenvalue weighted by Gasteiger charge is 2.10. The first-order valence-electron chi connectivity index (χ1n) is 7.59. The monoisotopic (exact) mass is 310 g/mol. The predicted molar refractivity (Wildman–Crippen MR) is 86.2 cm³/mol. The zero-order chi connectivity index (χ0) is 16.1. The highest BCUT2D eigenvalue weighted by atomic mass is 19.1. The molecule has 0 atom stereocenters. The van der Waals surface area contributed by atoms with Crippen LogP contribution in [0.2, 0.25) is 0 Å². The molecule has 118 valence electrons. The quantitative estimate of drug-likeness (QED) is 0.710. The van der Waals surface area contributed by atoms with Crippen LogP contribution in [0, 0.1) is 5.82 Å². The van der Waals surface area contributed by atoms with Crippen molar-refractivity contribution in [3.8, 4) is 22.4 Å². The van der Waals surface area contributed by atoms with E-state index < -0.39 is 0 Å². The van der Waals surface area contributed by atoms with E-state index in [1.54, 1.807) is 24.5 Å².